The number of anilines is 1. The highest BCUT2D eigenvalue weighted by Crippen LogP contribution is 2.20. The van der Waals surface area contributed by atoms with Crippen LogP contribution in [-0.4, -0.2) is 39.1 Å². The highest BCUT2D eigenvalue weighted by molar-refractivity contribution is 5.88. The number of hydrogen-bond acceptors (Lipinski definition) is 3. The normalized spacial score (nSPS) is 17.1. The van der Waals surface area contributed by atoms with Crippen LogP contribution in [0.15, 0.2) is 36.9 Å². The summed E-state index contributed by atoms with van der Waals surface area (Å²) in [5.41, 5.74) is 0.765. The summed E-state index contributed by atoms with van der Waals surface area (Å²) in [6, 6.07) is 3.47. The third-order valence-electron chi connectivity index (χ3n) is 3.86. The largest absolute Gasteiger partial charge is 0.335 e. The van der Waals surface area contributed by atoms with Gasteiger partial charge in [-0.3, -0.25) is 4.98 Å². The van der Waals surface area contributed by atoms with Crippen LogP contribution >= 0.6 is 0 Å². The number of hydrogen-bond donors (Lipinski definition) is 1. The first-order valence-electron chi connectivity index (χ1n) is 7.14. The van der Waals surface area contributed by atoms with Gasteiger partial charge in [0.25, 0.3) is 0 Å². The number of nitrogens with one attached hydrogen (secondary N) is 1. The molecule has 1 atom stereocenters. The number of nitrogens with zero attached hydrogens (tertiary/aromatic N) is 4. The van der Waals surface area contributed by atoms with E-state index in [1.54, 1.807) is 29.4 Å². The molecule has 1 aliphatic rings. The molecule has 3 heterocycles. The molecule has 2 aromatic heterocycles. The zero-order valence-electron chi connectivity index (χ0n) is 12.1. The van der Waals surface area contributed by atoms with Crippen LogP contribution in [0.2, 0.25) is 0 Å². The zero-order valence-corrected chi connectivity index (χ0v) is 12.1. The maximum Gasteiger partial charge on any atom is 0.321 e. The summed E-state index contributed by atoms with van der Waals surface area (Å²) in [5, 5.41) is 2.87. The van der Waals surface area contributed by atoms with E-state index in [1.807, 2.05) is 19.4 Å². The maximum absolute atomic E-state index is 12.2. The van der Waals surface area contributed by atoms with E-state index in [0.717, 1.165) is 37.4 Å². The summed E-state index contributed by atoms with van der Waals surface area (Å²) in [5.74, 6) is 1.59. The summed E-state index contributed by atoms with van der Waals surface area (Å²) in [7, 11) is 1.83. The van der Waals surface area contributed by atoms with Crippen molar-refractivity contribution < 1.29 is 4.79 Å². The van der Waals surface area contributed by atoms with Gasteiger partial charge in [-0.1, -0.05) is 0 Å². The number of carbonyl (C=O) groups excluding carboxylic acids is 1. The number of aryl methyl sites for hydroxylation is 1. The zero-order chi connectivity index (χ0) is 14.7. The van der Waals surface area contributed by atoms with Gasteiger partial charge >= 0.3 is 6.03 Å². The quantitative estimate of drug-likeness (QED) is 0.938. The van der Waals surface area contributed by atoms with Gasteiger partial charge in [-0.05, 0) is 24.5 Å². The molecule has 21 heavy (non-hydrogen) atoms. The van der Waals surface area contributed by atoms with Crippen LogP contribution in [0.5, 0.6) is 0 Å². The van der Waals surface area contributed by atoms with Crippen molar-refractivity contribution in [3.63, 3.8) is 0 Å². The number of amides is 2. The van der Waals surface area contributed by atoms with E-state index in [2.05, 4.69) is 19.9 Å². The van der Waals surface area contributed by atoms with Crippen molar-refractivity contribution in [2.24, 2.45) is 5.92 Å². The minimum Gasteiger partial charge on any atom is -0.335 e. The molecule has 0 radical (unpaired) electrons. The van der Waals surface area contributed by atoms with E-state index in [1.165, 1.54) is 0 Å². The summed E-state index contributed by atoms with van der Waals surface area (Å²) in [6.45, 7) is 1.73. The fourth-order valence-corrected chi connectivity index (χ4v) is 2.70. The second kappa shape index (κ2) is 5.95. The van der Waals surface area contributed by atoms with Crippen LogP contribution in [0.1, 0.15) is 12.2 Å². The van der Waals surface area contributed by atoms with Gasteiger partial charge in [0.1, 0.15) is 5.82 Å². The van der Waals surface area contributed by atoms with Gasteiger partial charge in [-0.25, -0.2) is 9.78 Å². The van der Waals surface area contributed by atoms with E-state index in [4.69, 9.17) is 0 Å². The van der Waals surface area contributed by atoms with Crippen LogP contribution in [0, 0.1) is 5.92 Å². The summed E-state index contributed by atoms with van der Waals surface area (Å²) < 4.78 is 2.19. The molecule has 0 spiro atoms. The average Bonchev–Trinajstić information content (AvgIpc) is 2.95. The number of imidazole rings is 1. The molecule has 0 unspecified atom stereocenters. The Balaban J connectivity index is 1.54. The number of pyridine rings is 1. The van der Waals surface area contributed by atoms with Gasteiger partial charge < -0.3 is 14.8 Å². The second-order valence-electron chi connectivity index (χ2n) is 5.44. The van der Waals surface area contributed by atoms with Crippen molar-refractivity contribution in [1.29, 1.82) is 0 Å². The Labute approximate surface area is 123 Å². The molecular formula is C15H19N5O. The summed E-state index contributed by atoms with van der Waals surface area (Å²) in [4.78, 5) is 22.2. The molecule has 1 aliphatic heterocycles. The monoisotopic (exact) mass is 285 g/mol. The van der Waals surface area contributed by atoms with Gasteiger partial charge in [0, 0.05) is 57.0 Å². The minimum atomic E-state index is -0.0879. The van der Waals surface area contributed by atoms with Crippen molar-refractivity contribution in [2.75, 3.05) is 18.9 Å². The molecule has 0 aromatic carbocycles. The minimum absolute atomic E-state index is 0.0879. The van der Waals surface area contributed by atoms with E-state index in [0.29, 0.717) is 5.92 Å². The molecular weight excluding hydrogens is 266 g/mol. The Morgan fingerprint density at radius 2 is 2.24 bits per heavy atom. The number of rotatable bonds is 3. The van der Waals surface area contributed by atoms with Gasteiger partial charge in [0.05, 0.1) is 0 Å². The van der Waals surface area contributed by atoms with Gasteiger partial charge in [-0.2, -0.15) is 0 Å². The Bertz CT molecular complexity index is 610. The first-order valence-corrected chi connectivity index (χ1v) is 7.14. The Morgan fingerprint density at radius 1 is 1.43 bits per heavy atom. The molecule has 0 aliphatic carbocycles. The number of fused-ring (bicyclic) bond motifs is 1. The molecule has 3 rings (SSSR count). The summed E-state index contributed by atoms with van der Waals surface area (Å²) >= 11 is 0. The van der Waals surface area contributed by atoms with Crippen LogP contribution in [-0.2, 0) is 13.0 Å². The molecule has 6 nitrogen and oxygen atoms in total. The number of urea groups is 1. The Kier molecular flexibility index (Phi) is 3.85. The fraction of sp³-hybridized carbons (Fsp3) is 0.400. The van der Waals surface area contributed by atoms with Crippen LogP contribution in [0.3, 0.4) is 0 Å². The van der Waals surface area contributed by atoms with E-state index >= 15 is 0 Å². The molecule has 2 aromatic rings. The first kappa shape index (κ1) is 13.6. The van der Waals surface area contributed by atoms with Crippen LogP contribution < -0.4 is 5.32 Å². The number of aromatic nitrogens is 3. The number of carbonyl (C=O) groups is 1. The van der Waals surface area contributed by atoms with E-state index in [9.17, 15) is 4.79 Å². The topological polar surface area (TPSA) is 63.1 Å². The smallest absolute Gasteiger partial charge is 0.321 e. The fourth-order valence-electron chi connectivity index (χ4n) is 2.70. The van der Waals surface area contributed by atoms with E-state index in [-0.39, 0.29) is 6.03 Å². The molecule has 0 fully saturated rings. The lowest BCUT2D eigenvalue weighted by molar-refractivity contribution is 0.207. The average molecular weight is 285 g/mol. The Morgan fingerprint density at radius 3 is 3.05 bits per heavy atom. The molecule has 0 saturated carbocycles. The van der Waals surface area contributed by atoms with Crippen LogP contribution in [0.25, 0.3) is 0 Å². The molecule has 1 N–H and O–H groups in total. The third kappa shape index (κ3) is 3.21. The van der Waals surface area contributed by atoms with E-state index < -0.39 is 0 Å². The summed E-state index contributed by atoms with van der Waals surface area (Å²) in [6.07, 6.45) is 9.20. The lowest BCUT2D eigenvalue weighted by Gasteiger charge is -2.27. The van der Waals surface area contributed by atoms with Gasteiger partial charge in [-0.15, -0.1) is 0 Å². The standard InChI is InChI=1S/C15H19N5O/c1-19(15(21)18-13-2-5-16-6-3-13)11-12-4-8-20-9-7-17-14(20)10-12/h2-3,5-7,9,12H,4,8,10-11H2,1H3,(H,16,18,21)/t12-/m0/s1. The van der Waals surface area contributed by atoms with Gasteiger partial charge in [0.15, 0.2) is 0 Å². The van der Waals surface area contributed by atoms with Crippen molar-refractivity contribution in [3.8, 4) is 0 Å². The SMILES string of the molecule is CN(C[C@H]1CCn2ccnc2C1)C(=O)Nc1ccncc1. The third-order valence-corrected chi connectivity index (χ3v) is 3.86. The predicted octanol–water partition coefficient (Wildman–Crippen LogP) is 2.00. The highest BCUT2D eigenvalue weighted by atomic mass is 16.2. The second-order valence-corrected chi connectivity index (χ2v) is 5.44. The molecule has 0 saturated heterocycles. The van der Waals surface area contributed by atoms with Crippen molar-refractivity contribution in [1.82, 2.24) is 19.4 Å². The molecule has 6 heteroatoms. The molecule has 2 amide bonds. The first-order chi connectivity index (χ1) is 10.2. The maximum atomic E-state index is 12.2. The van der Waals surface area contributed by atoms with Crippen molar-refractivity contribution in [2.45, 2.75) is 19.4 Å². The van der Waals surface area contributed by atoms with Crippen LogP contribution in [0.4, 0.5) is 10.5 Å². The van der Waals surface area contributed by atoms with Crippen molar-refractivity contribution >= 4 is 11.7 Å². The van der Waals surface area contributed by atoms with Crippen molar-refractivity contribution in [3.05, 3.63) is 42.7 Å². The van der Waals surface area contributed by atoms with Gasteiger partial charge in [0.2, 0.25) is 0 Å². The lowest BCUT2D eigenvalue weighted by atomic mass is 9.97. The predicted molar refractivity (Wildman–Crippen MR) is 79.9 cm³/mol. The molecule has 0 bridgehead atoms. The lowest BCUT2D eigenvalue weighted by Crippen LogP contribution is -2.37. The highest BCUT2D eigenvalue weighted by Gasteiger charge is 2.22. The molecule has 110 valence electrons. The Hall–Kier alpha value is -2.37.